The average Bonchev–Trinajstić information content (AvgIpc) is 2.82. The number of carbonyl (C=O) groups is 1. The van der Waals surface area contributed by atoms with Gasteiger partial charge in [0.25, 0.3) is 0 Å². The van der Waals surface area contributed by atoms with Crippen molar-refractivity contribution < 1.29 is 4.79 Å². The Morgan fingerprint density at radius 1 is 1.45 bits per heavy atom. The van der Waals surface area contributed by atoms with E-state index in [2.05, 4.69) is 34.5 Å². The van der Waals surface area contributed by atoms with Crippen LogP contribution < -0.4 is 5.73 Å². The Kier molecular flexibility index (Phi) is 3.52. The lowest BCUT2D eigenvalue weighted by Gasteiger charge is -2.38. The van der Waals surface area contributed by atoms with Crippen LogP contribution in [-0.4, -0.2) is 23.9 Å². The third-order valence-corrected chi connectivity index (χ3v) is 5.34. The molecule has 3 rings (SSSR count). The highest BCUT2D eigenvalue weighted by Crippen LogP contribution is 2.32. The summed E-state index contributed by atoms with van der Waals surface area (Å²) in [7, 11) is 0. The number of likely N-dealkylation sites (tertiary alicyclic amines) is 1. The van der Waals surface area contributed by atoms with E-state index in [1.54, 1.807) is 11.3 Å². The summed E-state index contributed by atoms with van der Waals surface area (Å²) in [6, 6.07) is 8.50. The summed E-state index contributed by atoms with van der Waals surface area (Å²) < 4.78 is 1.33. The van der Waals surface area contributed by atoms with Crippen molar-refractivity contribution in [1.82, 2.24) is 4.90 Å². The Balaban J connectivity index is 1.79. The molecule has 106 valence electrons. The molecule has 1 saturated heterocycles. The number of hydrogen-bond acceptors (Lipinski definition) is 3. The smallest absolute Gasteiger partial charge is 0.224 e. The molecule has 1 aromatic carbocycles. The standard InChI is InChI=1S/C16H20N2OS/c1-16(15(17)19)7-4-8-18(11-16)9-12-10-20-14-6-3-2-5-13(12)14/h2-3,5-6,10H,4,7-9,11H2,1H3,(H2,17,19)/t16-/m1/s1. The van der Waals surface area contributed by atoms with Crippen molar-refractivity contribution in [3.63, 3.8) is 0 Å². The fraction of sp³-hybridized carbons (Fsp3) is 0.438. The zero-order chi connectivity index (χ0) is 14.2. The van der Waals surface area contributed by atoms with Crippen LogP contribution in [0, 0.1) is 5.41 Å². The van der Waals surface area contributed by atoms with Crippen LogP contribution in [0.2, 0.25) is 0 Å². The molecular weight excluding hydrogens is 268 g/mol. The zero-order valence-electron chi connectivity index (χ0n) is 11.8. The van der Waals surface area contributed by atoms with Gasteiger partial charge in [0.1, 0.15) is 0 Å². The second kappa shape index (κ2) is 5.19. The summed E-state index contributed by atoms with van der Waals surface area (Å²) >= 11 is 1.79. The van der Waals surface area contributed by atoms with Gasteiger partial charge in [-0.15, -0.1) is 11.3 Å². The van der Waals surface area contributed by atoms with Gasteiger partial charge < -0.3 is 5.73 Å². The van der Waals surface area contributed by atoms with Crippen LogP contribution in [0.4, 0.5) is 0 Å². The molecule has 1 amide bonds. The molecule has 1 fully saturated rings. The predicted octanol–water partition coefficient (Wildman–Crippen LogP) is 2.99. The Morgan fingerprint density at radius 2 is 2.25 bits per heavy atom. The number of primary amides is 1. The first kappa shape index (κ1) is 13.6. The minimum absolute atomic E-state index is 0.169. The molecule has 0 unspecified atom stereocenters. The number of piperidine rings is 1. The Labute approximate surface area is 123 Å². The molecule has 1 aliphatic rings. The van der Waals surface area contributed by atoms with E-state index >= 15 is 0 Å². The van der Waals surface area contributed by atoms with Gasteiger partial charge in [-0.3, -0.25) is 9.69 Å². The van der Waals surface area contributed by atoms with Crippen LogP contribution in [0.1, 0.15) is 25.3 Å². The monoisotopic (exact) mass is 288 g/mol. The summed E-state index contributed by atoms with van der Waals surface area (Å²) in [4.78, 5) is 14.0. The van der Waals surface area contributed by atoms with E-state index in [1.165, 1.54) is 15.6 Å². The maximum absolute atomic E-state index is 11.6. The van der Waals surface area contributed by atoms with Gasteiger partial charge in [-0.2, -0.15) is 0 Å². The minimum atomic E-state index is -0.371. The lowest BCUT2D eigenvalue weighted by molar-refractivity contribution is -0.129. The Bertz CT molecular complexity index is 636. The summed E-state index contributed by atoms with van der Waals surface area (Å²) in [5, 5.41) is 3.57. The molecule has 2 N–H and O–H groups in total. The number of thiophene rings is 1. The molecule has 0 saturated carbocycles. The summed E-state index contributed by atoms with van der Waals surface area (Å²) in [6.07, 6.45) is 1.95. The molecule has 1 aromatic heterocycles. The molecule has 4 heteroatoms. The third-order valence-electron chi connectivity index (χ3n) is 4.33. The molecular formula is C16H20N2OS. The van der Waals surface area contributed by atoms with E-state index in [4.69, 9.17) is 5.73 Å². The van der Waals surface area contributed by atoms with E-state index in [9.17, 15) is 4.79 Å². The van der Waals surface area contributed by atoms with E-state index < -0.39 is 0 Å². The van der Waals surface area contributed by atoms with Gasteiger partial charge in [0.05, 0.1) is 5.41 Å². The second-order valence-corrected chi connectivity index (χ2v) is 6.91. The summed E-state index contributed by atoms with van der Waals surface area (Å²) in [5.74, 6) is -0.169. The van der Waals surface area contributed by atoms with Crippen molar-refractivity contribution in [2.45, 2.75) is 26.3 Å². The topological polar surface area (TPSA) is 46.3 Å². The van der Waals surface area contributed by atoms with Crippen molar-refractivity contribution >= 4 is 27.3 Å². The number of nitrogens with two attached hydrogens (primary N) is 1. The molecule has 3 nitrogen and oxygen atoms in total. The normalized spacial score (nSPS) is 24.1. The highest BCUT2D eigenvalue weighted by atomic mass is 32.1. The SMILES string of the molecule is C[C@@]1(C(N)=O)CCCN(Cc2csc3ccccc23)C1. The molecule has 0 aliphatic carbocycles. The molecule has 2 heterocycles. The first-order valence-electron chi connectivity index (χ1n) is 7.06. The number of nitrogens with zero attached hydrogens (tertiary/aromatic N) is 1. The van der Waals surface area contributed by atoms with Crippen LogP contribution in [-0.2, 0) is 11.3 Å². The van der Waals surface area contributed by atoms with Gasteiger partial charge in [-0.25, -0.2) is 0 Å². The quantitative estimate of drug-likeness (QED) is 0.943. The highest BCUT2D eigenvalue weighted by molar-refractivity contribution is 7.17. The Hall–Kier alpha value is -1.39. The van der Waals surface area contributed by atoms with Crippen LogP contribution in [0.5, 0.6) is 0 Å². The maximum Gasteiger partial charge on any atom is 0.224 e. The van der Waals surface area contributed by atoms with Crippen molar-refractivity contribution in [2.75, 3.05) is 13.1 Å². The molecule has 1 aliphatic heterocycles. The van der Waals surface area contributed by atoms with Crippen LogP contribution in [0.3, 0.4) is 0 Å². The first-order chi connectivity index (χ1) is 9.58. The second-order valence-electron chi connectivity index (χ2n) is 6.00. The summed E-state index contributed by atoms with van der Waals surface area (Å²) in [6.45, 7) is 4.72. The number of benzene rings is 1. The van der Waals surface area contributed by atoms with Crippen LogP contribution in [0.15, 0.2) is 29.6 Å². The number of fused-ring (bicyclic) bond motifs is 1. The lowest BCUT2D eigenvalue weighted by atomic mass is 9.81. The molecule has 0 radical (unpaired) electrons. The number of amides is 1. The molecule has 20 heavy (non-hydrogen) atoms. The van der Waals surface area contributed by atoms with Gasteiger partial charge in [0, 0.05) is 17.8 Å². The molecule has 0 bridgehead atoms. The molecule has 2 aromatic rings. The van der Waals surface area contributed by atoms with Crippen molar-refractivity contribution in [3.05, 3.63) is 35.2 Å². The number of rotatable bonds is 3. The van der Waals surface area contributed by atoms with Crippen molar-refractivity contribution in [1.29, 1.82) is 0 Å². The van der Waals surface area contributed by atoms with Gasteiger partial charge >= 0.3 is 0 Å². The lowest BCUT2D eigenvalue weighted by Crippen LogP contribution is -2.48. The van der Waals surface area contributed by atoms with Crippen molar-refractivity contribution in [2.24, 2.45) is 11.1 Å². The molecule has 0 spiro atoms. The highest BCUT2D eigenvalue weighted by Gasteiger charge is 2.36. The zero-order valence-corrected chi connectivity index (χ0v) is 12.6. The van der Waals surface area contributed by atoms with Crippen LogP contribution in [0.25, 0.3) is 10.1 Å². The minimum Gasteiger partial charge on any atom is -0.369 e. The van der Waals surface area contributed by atoms with Crippen molar-refractivity contribution in [3.8, 4) is 0 Å². The fourth-order valence-electron chi connectivity index (χ4n) is 3.08. The fourth-order valence-corrected chi connectivity index (χ4v) is 4.03. The van der Waals surface area contributed by atoms with E-state index in [0.29, 0.717) is 0 Å². The van der Waals surface area contributed by atoms with Gasteiger partial charge in [-0.1, -0.05) is 18.2 Å². The van der Waals surface area contributed by atoms with Crippen LogP contribution >= 0.6 is 11.3 Å². The molecule has 1 atom stereocenters. The van der Waals surface area contributed by atoms with Gasteiger partial charge in [0.15, 0.2) is 0 Å². The number of hydrogen-bond donors (Lipinski definition) is 1. The Morgan fingerprint density at radius 3 is 3.05 bits per heavy atom. The van der Waals surface area contributed by atoms with Gasteiger partial charge in [-0.05, 0) is 48.7 Å². The van der Waals surface area contributed by atoms with E-state index in [-0.39, 0.29) is 11.3 Å². The average molecular weight is 288 g/mol. The van der Waals surface area contributed by atoms with E-state index in [1.807, 2.05) is 6.92 Å². The number of carbonyl (C=O) groups excluding carboxylic acids is 1. The largest absolute Gasteiger partial charge is 0.369 e. The summed E-state index contributed by atoms with van der Waals surface area (Å²) in [5.41, 5.74) is 6.55. The third kappa shape index (κ3) is 2.45. The predicted molar refractivity (Wildman–Crippen MR) is 83.6 cm³/mol. The van der Waals surface area contributed by atoms with E-state index in [0.717, 1.165) is 32.5 Å². The van der Waals surface area contributed by atoms with Gasteiger partial charge in [0.2, 0.25) is 5.91 Å². The first-order valence-corrected chi connectivity index (χ1v) is 7.94. The maximum atomic E-state index is 11.6.